The minimum Gasteiger partial charge on any atom is -0.365 e. The number of nitrogens with zero attached hydrogens (tertiary/aromatic N) is 3. The molecule has 6 nitrogen and oxygen atoms in total. The lowest BCUT2D eigenvalue weighted by Crippen LogP contribution is -2.46. The number of nitro groups is 1. The zero-order valence-corrected chi connectivity index (χ0v) is 14.9. The van der Waals surface area contributed by atoms with Crippen LogP contribution < -0.4 is 9.80 Å². The maximum absolute atomic E-state index is 12.9. The van der Waals surface area contributed by atoms with Gasteiger partial charge >= 0.3 is 0 Å². The number of hydrogen-bond acceptors (Lipinski definition) is 4. The van der Waals surface area contributed by atoms with Crippen molar-refractivity contribution < 1.29 is 9.72 Å². The minimum absolute atomic E-state index is 0.000308. The molecular formula is C18H14BrN3O3. The van der Waals surface area contributed by atoms with Gasteiger partial charge in [-0.2, -0.15) is 0 Å². The summed E-state index contributed by atoms with van der Waals surface area (Å²) in [6, 6.07) is 13.9. The largest absolute Gasteiger partial charge is 0.365 e. The Morgan fingerprint density at radius 1 is 1.12 bits per heavy atom. The van der Waals surface area contributed by atoms with Crippen molar-refractivity contribution in [1.82, 2.24) is 0 Å². The molecule has 7 heteroatoms. The van der Waals surface area contributed by atoms with Crippen LogP contribution in [0.25, 0.3) is 0 Å². The van der Waals surface area contributed by atoms with Crippen LogP contribution in [0.3, 0.4) is 0 Å². The first-order valence-corrected chi connectivity index (χ1v) is 8.55. The lowest BCUT2D eigenvalue weighted by atomic mass is 9.97. The SMILES string of the molecule is CN1c2ccccc2C2C1C=C(Br)C(=O)N2c1ccc([N+](=O)[O-])cc1. The summed E-state index contributed by atoms with van der Waals surface area (Å²) < 4.78 is 0.492. The highest BCUT2D eigenvalue weighted by molar-refractivity contribution is 9.12. The van der Waals surface area contributed by atoms with Crippen molar-refractivity contribution in [1.29, 1.82) is 0 Å². The van der Waals surface area contributed by atoms with E-state index in [9.17, 15) is 14.9 Å². The Hall–Kier alpha value is -2.67. The standard InChI is InChI=1S/C18H14BrN3O3/c1-20-15-5-3-2-4-13(15)17-16(20)10-14(19)18(23)21(17)11-6-8-12(9-7-11)22(24)25/h2-10,16-17H,1H3. The van der Waals surface area contributed by atoms with E-state index in [1.54, 1.807) is 17.0 Å². The third-order valence-electron chi connectivity index (χ3n) is 4.76. The van der Waals surface area contributed by atoms with Crippen molar-refractivity contribution >= 4 is 38.9 Å². The Balaban J connectivity index is 1.85. The maximum Gasteiger partial charge on any atom is 0.269 e. The second-order valence-corrected chi connectivity index (χ2v) is 6.92. The minimum atomic E-state index is -0.445. The van der Waals surface area contributed by atoms with Crippen molar-refractivity contribution in [2.45, 2.75) is 12.1 Å². The van der Waals surface area contributed by atoms with Crippen LogP contribution in [0.15, 0.2) is 59.1 Å². The van der Waals surface area contributed by atoms with Crippen molar-refractivity contribution in [3.05, 3.63) is 74.8 Å². The number of halogens is 1. The summed E-state index contributed by atoms with van der Waals surface area (Å²) in [5, 5.41) is 10.9. The summed E-state index contributed by atoms with van der Waals surface area (Å²) in [5.74, 6) is -0.153. The van der Waals surface area contributed by atoms with E-state index < -0.39 is 4.92 Å². The molecule has 2 aliphatic heterocycles. The van der Waals surface area contributed by atoms with Gasteiger partial charge in [0.1, 0.15) is 0 Å². The Morgan fingerprint density at radius 2 is 1.80 bits per heavy atom. The summed E-state index contributed by atoms with van der Waals surface area (Å²) >= 11 is 3.37. The summed E-state index contributed by atoms with van der Waals surface area (Å²) in [4.78, 5) is 27.2. The summed E-state index contributed by atoms with van der Waals surface area (Å²) in [6.07, 6.45) is 1.93. The van der Waals surface area contributed by atoms with Gasteiger partial charge in [0, 0.05) is 36.1 Å². The third kappa shape index (κ3) is 2.34. The van der Waals surface area contributed by atoms with Crippen LogP contribution in [0, 0.1) is 10.1 Å². The number of non-ortho nitro benzene ring substituents is 1. The molecule has 25 heavy (non-hydrogen) atoms. The number of likely N-dealkylation sites (N-methyl/N-ethyl adjacent to an activating group) is 1. The predicted molar refractivity (Wildman–Crippen MR) is 99.0 cm³/mol. The fraction of sp³-hybridized carbons (Fsp3) is 0.167. The van der Waals surface area contributed by atoms with Gasteiger partial charge in [-0.1, -0.05) is 18.2 Å². The summed E-state index contributed by atoms with van der Waals surface area (Å²) in [6.45, 7) is 0. The van der Waals surface area contributed by atoms with E-state index >= 15 is 0 Å². The van der Waals surface area contributed by atoms with Gasteiger partial charge in [0.25, 0.3) is 11.6 Å². The van der Waals surface area contributed by atoms with Crippen LogP contribution in [-0.2, 0) is 4.79 Å². The number of anilines is 2. The van der Waals surface area contributed by atoms with E-state index in [1.807, 2.05) is 37.4 Å². The molecule has 2 atom stereocenters. The number of nitro benzene ring substituents is 1. The zero-order chi connectivity index (χ0) is 17.7. The molecule has 2 aliphatic rings. The van der Waals surface area contributed by atoms with Crippen LogP contribution in [0.1, 0.15) is 11.6 Å². The molecule has 0 bridgehead atoms. The topological polar surface area (TPSA) is 66.7 Å². The van der Waals surface area contributed by atoms with Gasteiger partial charge in [-0.3, -0.25) is 19.8 Å². The molecule has 0 fully saturated rings. The molecule has 4 rings (SSSR count). The first kappa shape index (κ1) is 15.8. The van der Waals surface area contributed by atoms with E-state index in [4.69, 9.17) is 0 Å². The predicted octanol–water partition coefficient (Wildman–Crippen LogP) is 3.78. The van der Waals surface area contributed by atoms with Gasteiger partial charge in [-0.05, 0) is 40.2 Å². The van der Waals surface area contributed by atoms with Crippen LogP contribution in [0.2, 0.25) is 0 Å². The van der Waals surface area contributed by atoms with E-state index in [1.165, 1.54) is 12.1 Å². The number of hydrogen-bond donors (Lipinski definition) is 0. The van der Waals surface area contributed by atoms with Crippen LogP contribution in [-0.4, -0.2) is 23.9 Å². The number of carbonyl (C=O) groups is 1. The van der Waals surface area contributed by atoms with Crippen LogP contribution >= 0.6 is 15.9 Å². The van der Waals surface area contributed by atoms with Crippen molar-refractivity contribution in [3.63, 3.8) is 0 Å². The quantitative estimate of drug-likeness (QED) is 0.569. The monoisotopic (exact) mass is 399 g/mol. The number of carbonyl (C=O) groups excluding carboxylic acids is 1. The lowest BCUT2D eigenvalue weighted by Gasteiger charge is -2.37. The molecule has 126 valence electrons. The summed E-state index contributed by atoms with van der Waals surface area (Å²) in [5.41, 5.74) is 2.79. The van der Waals surface area contributed by atoms with E-state index in [0.29, 0.717) is 10.2 Å². The molecule has 2 heterocycles. The third-order valence-corrected chi connectivity index (χ3v) is 5.37. The molecule has 0 N–H and O–H groups in total. The average molecular weight is 400 g/mol. The number of fused-ring (bicyclic) bond motifs is 3. The van der Waals surface area contributed by atoms with E-state index in [2.05, 4.69) is 20.8 Å². The van der Waals surface area contributed by atoms with Crippen LogP contribution in [0.5, 0.6) is 0 Å². The van der Waals surface area contributed by atoms with Crippen molar-refractivity contribution in [3.8, 4) is 0 Å². The molecule has 2 unspecified atom stereocenters. The highest BCUT2D eigenvalue weighted by Gasteiger charge is 2.45. The van der Waals surface area contributed by atoms with Gasteiger partial charge in [-0.25, -0.2) is 0 Å². The second kappa shape index (κ2) is 5.70. The van der Waals surface area contributed by atoms with Gasteiger partial charge in [0.15, 0.2) is 0 Å². The van der Waals surface area contributed by atoms with E-state index in [0.717, 1.165) is 11.3 Å². The Morgan fingerprint density at radius 3 is 2.48 bits per heavy atom. The Labute approximate surface area is 152 Å². The Bertz CT molecular complexity index is 910. The molecule has 0 saturated carbocycles. The van der Waals surface area contributed by atoms with Crippen molar-refractivity contribution in [2.75, 3.05) is 16.8 Å². The molecule has 2 aromatic rings. The smallest absolute Gasteiger partial charge is 0.269 e. The first-order chi connectivity index (χ1) is 12.0. The fourth-order valence-electron chi connectivity index (χ4n) is 3.59. The van der Waals surface area contributed by atoms with Crippen molar-refractivity contribution in [2.24, 2.45) is 0 Å². The highest BCUT2D eigenvalue weighted by Crippen LogP contribution is 2.47. The number of amides is 1. The highest BCUT2D eigenvalue weighted by atomic mass is 79.9. The first-order valence-electron chi connectivity index (χ1n) is 7.76. The van der Waals surface area contributed by atoms with E-state index in [-0.39, 0.29) is 23.7 Å². The molecule has 0 aliphatic carbocycles. The molecule has 0 radical (unpaired) electrons. The zero-order valence-electron chi connectivity index (χ0n) is 13.3. The van der Waals surface area contributed by atoms with Gasteiger partial charge in [-0.15, -0.1) is 0 Å². The summed E-state index contributed by atoms with van der Waals surface area (Å²) in [7, 11) is 2.00. The number of rotatable bonds is 2. The Kier molecular flexibility index (Phi) is 3.61. The molecule has 2 aromatic carbocycles. The fourth-order valence-corrected chi connectivity index (χ4v) is 4.05. The van der Waals surface area contributed by atoms with Gasteiger partial charge in [0.2, 0.25) is 0 Å². The molecule has 0 aromatic heterocycles. The van der Waals surface area contributed by atoms with Gasteiger partial charge in [0.05, 0.1) is 21.5 Å². The average Bonchev–Trinajstić information content (AvgIpc) is 2.89. The maximum atomic E-state index is 12.9. The van der Waals surface area contributed by atoms with Crippen LogP contribution in [0.4, 0.5) is 17.1 Å². The number of para-hydroxylation sites is 1. The lowest BCUT2D eigenvalue weighted by molar-refractivity contribution is -0.384. The number of benzene rings is 2. The normalized spacial score (nSPS) is 21.7. The molecule has 0 saturated heterocycles. The van der Waals surface area contributed by atoms with Gasteiger partial charge < -0.3 is 4.90 Å². The molecular weight excluding hydrogens is 386 g/mol. The second-order valence-electron chi connectivity index (χ2n) is 6.07. The molecule has 0 spiro atoms. The molecule has 1 amide bonds.